The lowest BCUT2D eigenvalue weighted by molar-refractivity contribution is 0.484. The molecule has 86 valence electrons. The van der Waals surface area contributed by atoms with E-state index in [1.54, 1.807) is 6.20 Å². The van der Waals surface area contributed by atoms with Crippen molar-refractivity contribution >= 4 is 10.1 Å². The molecule has 0 amide bonds. The Labute approximate surface area is 90.1 Å². The molecule has 0 fully saturated rings. The van der Waals surface area contributed by atoms with Crippen molar-refractivity contribution in [1.29, 1.82) is 0 Å². The van der Waals surface area contributed by atoms with Gasteiger partial charge in [0.1, 0.15) is 0 Å². The third-order valence-corrected chi connectivity index (χ3v) is 2.25. The lowest BCUT2D eigenvalue weighted by Crippen LogP contribution is -2.06. The fourth-order valence-electron chi connectivity index (χ4n) is 0.645. The van der Waals surface area contributed by atoms with E-state index in [4.69, 9.17) is 10.3 Å². The Balaban J connectivity index is 0.000000288. The van der Waals surface area contributed by atoms with E-state index in [9.17, 15) is 8.42 Å². The number of hydrogen-bond acceptors (Lipinski definition) is 4. The van der Waals surface area contributed by atoms with Crippen LogP contribution in [-0.4, -0.2) is 23.7 Å². The van der Waals surface area contributed by atoms with Crippen LogP contribution in [0.4, 0.5) is 0 Å². The molecule has 1 atom stereocenters. The third kappa shape index (κ3) is 8.04. The summed E-state index contributed by atoms with van der Waals surface area (Å²) in [6.45, 7) is 3.29. The third-order valence-electron chi connectivity index (χ3n) is 1.52. The monoisotopic (exact) mass is 232 g/mol. The van der Waals surface area contributed by atoms with Gasteiger partial charge in [0.2, 0.25) is 0 Å². The summed E-state index contributed by atoms with van der Waals surface area (Å²) in [5.41, 5.74) is 6.49. The normalized spacial score (nSPS) is 12.5. The molecular weight excluding hydrogens is 216 g/mol. The molecule has 0 radical (unpaired) electrons. The second-order valence-corrected chi connectivity index (χ2v) is 4.66. The van der Waals surface area contributed by atoms with Crippen molar-refractivity contribution in [2.45, 2.75) is 19.9 Å². The standard InChI is InChI=1S/C7H10N2.C2H6O3S/c1-6(8)7-4-2-3-5-9-7;1-2-6(3,4)5/h2-6H,8H2,1H3;2H2,1H3,(H,3,4,5). The van der Waals surface area contributed by atoms with Crippen LogP contribution in [0.15, 0.2) is 24.4 Å². The van der Waals surface area contributed by atoms with E-state index in [0.29, 0.717) is 0 Å². The minimum atomic E-state index is -3.66. The molecule has 0 aliphatic rings. The molecule has 1 heterocycles. The highest BCUT2D eigenvalue weighted by Gasteiger charge is 1.95. The number of pyridine rings is 1. The molecule has 0 aromatic carbocycles. The lowest BCUT2D eigenvalue weighted by atomic mass is 10.2. The van der Waals surface area contributed by atoms with E-state index in [2.05, 4.69) is 4.98 Å². The van der Waals surface area contributed by atoms with Crippen molar-refractivity contribution in [2.24, 2.45) is 5.73 Å². The van der Waals surface area contributed by atoms with Gasteiger partial charge in [0.15, 0.2) is 0 Å². The van der Waals surface area contributed by atoms with Crippen molar-refractivity contribution in [3.8, 4) is 0 Å². The summed E-state index contributed by atoms with van der Waals surface area (Å²) in [7, 11) is -3.66. The highest BCUT2D eigenvalue weighted by molar-refractivity contribution is 7.85. The average molecular weight is 232 g/mol. The molecule has 5 nitrogen and oxygen atoms in total. The summed E-state index contributed by atoms with van der Waals surface area (Å²) < 4.78 is 26.9. The van der Waals surface area contributed by atoms with Crippen LogP contribution in [0.5, 0.6) is 0 Å². The average Bonchev–Trinajstić information content (AvgIpc) is 2.19. The Morgan fingerprint density at radius 3 is 2.27 bits per heavy atom. The molecule has 6 heteroatoms. The largest absolute Gasteiger partial charge is 0.323 e. The first-order valence-electron chi connectivity index (χ1n) is 4.48. The molecule has 0 saturated heterocycles. The maximum absolute atomic E-state index is 9.56. The van der Waals surface area contributed by atoms with E-state index in [-0.39, 0.29) is 11.8 Å². The predicted octanol–water partition coefficient (Wildman–Crippen LogP) is 0.995. The maximum Gasteiger partial charge on any atom is 0.264 e. The van der Waals surface area contributed by atoms with Gasteiger partial charge < -0.3 is 5.73 Å². The number of rotatable bonds is 2. The van der Waals surface area contributed by atoms with Crippen LogP contribution in [0.2, 0.25) is 0 Å². The van der Waals surface area contributed by atoms with Gasteiger partial charge in [0, 0.05) is 12.2 Å². The molecule has 1 aromatic rings. The second kappa shape index (κ2) is 6.49. The summed E-state index contributed by atoms with van der Waals surface area (Å²) in [5.74, 6) is -0.201. The van der Waals surface area contributed by atoms with Crippen molar-refractivity contribution in [3.05, 3.63) is 30.1 Å². The van der Waals surface area contributed by atoms with E-state index in [1.807, 2.05) is 25.1 Å². The lowest BCUT2D eigenvalue weighted by Gasteiger charge is -2.00. The van der Waals surface area contributed by atoms with Crippen LogP contribution in [-0.2, 0) is 10.1 Å². The first-order chi connectivity index (χ1) is 6.87. The fraction of sp³-hybridized carbons (Fsp3) is 0.444. The topological polar surface area (TPSA) is 93.3 Å². The Hall–Kier alpha value is -0.980. The van der Waals surface area contributed by atoms with Gasteiger partial charge >= 0.3 is 0 Å². The molecule has 1 unspecified atom stereocenters. The minimum absolute atomic E-state index is 0.0474. The van der Waals surface area contributed by atoms with Crippen molar-refractivity contribution in [3.63, 3.8) is 0 Å². The summed E-state index contributed by atoms with van der Waals surface area (Å²) in [4.78, 5) is 4.05. The van der Waals surface area contributed by atoms with Gasteiger partial charge in [-0.05, 0) is 26.0 Å². The van der Waals surface area contributed by atoms with Gasteiger partial charge in [-0.1, -0.05) is 6.07 Å². The van der Waals surface area contributed by atoms with Crippen LogP contribution in [0.25, 0.3) is 0 Å². The molecule has 0 aliphatic heterocycles. The zero-order chi connectivity index (χ0) is 11.9. The molecular formula is C9H16N2O3S. The summed E-state index contributed by atoms with van der Waals surface area (Å²) in [6, 6.07) is 5.79. The molecule has 0 saturated carbocycles. The molecule has 15 heavy (non-hydrogen) atoms. The van der Waals surface area contributed by atoms with Crippen LogP contribution < -0.4 is 5.73 Å². The molecule has 0 aliphatic carbocycles. The summed E-state index contributed by atoms with van der Waals surface area (Å²) in [5, 5.41) is 0. The van der Waals surface area contributed by atoms with Crippen molar-refractivity contribution < 1.29 is 13.0 Å². The number of hydrogen-bond donors (Lipinski definition) is 2. The minimum Gasteiger partial charge on any atom is -0.323 e. The zero-order valence-electron chi connectivity index (χ0n) is 8.79. The highest BCUT2D eigenvalue weighted by atomic mass is 32.2. The Kier molecular flexibility index (Phi) is 6.07. The first-order valence-corrected chi connectivity index (χ1v) is 6.09. The van der Waals surface area contributed by atoms with Gasteiger partial charge in [-0.2, -0.15) is 8.42 Å². The van der Waals surface area contributed by atoms with E-state index < -0.39 is 10.1 Å². The van der Waals surface area contributed by atoms with Crippen LogP contribution >= 0.6 is 0 Å². The zero-order valence-corrected chi connectivity index (χ0v) is 9.61. The number of nitrogens with two attached hydrogens (primary N) is 1. The van der Waals surface area contributed by atoms with Gasteiger partial charge in [0.05, 0.1) is 11.4 Å². The number of nitrogens with zero attached hydrogens (tertiary/aromatic N) is 1. The molecule has 0 spiro atoms. The first kappa shape index (κ1) is 14.0. The van der Waals surface area contributed by atoms with Gasteiger partial charge in [-0.3, -0.25) is 9.54 Å². The van der Waals surface area contributed by atoms with Crippen molar-refractivity contribution in [1.82, 2.24) is 4.98 Å². The maximum atomic E-state index is 9.56. The number of aromatic nitrogens is 1. The van der Waals surface area contributed by atoms with E-state index in [0.717, 1.165) is 5.69 Å². The summed E-state index contributed by atoms with van der Waals surface area (Å²) in [6.07, 6.45) is 1.75. The Morgan fingerprint density at radius 2 is 2.07 bits per heavy atom. The SMILES string of the molecule is CC(N)c1ccccn1.CCS(=O)(=O)O. The van der Waals surface area contributed by atoms with E-state index in [1.165, 1.54) is 6.92 Å². The van der Waals surface area contributed by atoms with Crippen LogP contribution in [0, 0.1) is 0 Å². The smallest absolute Gasteiger partial charge is 0.264 e. The summed E-state index contributed by atoms with van der Waals surface area (Å²) >= 11 is 0. The van der Waals surface area contributed by atoms with Gasteiger partial charge in [-0.15, -0.1) is 0 Å². The Morgan fingerprint density at radius 1 is 1.53 bits per heavy atom. The quantitative estimate of drug-likeness (QED) is 0.742. The van der Waals surface area contributed by atoms with Crippen LogP contribution in [0.1, 0.15) is 25.6 Å². The van der Waals surface area contributed by atoms with E-state index >= 15 is 0 Å². The molecule has 1 rings (SSSR count). The van der Waals surface area contributed by atoms with Gasteiger partial charge in [-0.25, -0.2) is 0 Å². The van der Waals surface area contributed by atoms with Crippen LogP contribution in [0.3, 0.4) is 0 Å². The fourth-order valence-corrected chi connectivity index (χ4v) is 0.645. The van der Waals surface area contributed by atoms with Gasteiger partial charge in [0.25, 0.3) is 10.1 Å². The Bertz CT molecular complexity index is 362. The molecule has 0 bridgehead atoms. The predicted molar refractivity (Wildman–Crippen MR) is 58.9 cm³/mol. The second-order valence-electron chi connectivity index (χ2n) is 2.91. The molecule has 1 aromatic heterocycles. The highest BCUT2D eigenvalue weighted by Crippen LogP contribution is 2.02. The van der Waals surface area contributed by atoms with Crippen molar-refractivity contribution in [2.75, 3.05) is 5.75 Å². The molecule has 3 N–H and O–H groups in total.